The zero-order valence-electron chi connectivity index (χ0n) is 14.8. The van der Waals surface area contributed by atoms with E-state index in [-0.39, 0.29) is 0 Å². The number of hydrogen-bond acceptors (Lipinski definition) is 2. The van der Waals surface area contributed by atoms with E-state index in [0.29, 0.717) is 0 Å². The molecule has 1 atom stereocenters. The second kappa shape index (κ2) is 7.06. The fourth-order valence-corrected chi connectivity index (χ4v) is 6.29. The molecule has 0 radical (unpaired) electrons. The molecule has 0 amide bonds. The van der Waals surface area contributed by atoms with Gasteiger partial charge in [-0.15, -0.1) is 11.3 Å². The molecule has 1 aliphatic heterocycles. The smallest absolute Gasteiger partial charge is 0.127 e. The van der Waals surface area contributed by atoms with Crippen molar-refractivity contribution in [2.45, 2.75) is 44.6 Å². The minimum Gasteiger partial charge on any atom is -0.344 e. The van der Waals surface area contributed by atoms with Crippen LogP contribution in [-0.4, -0.2) is 26.2 Å². The number of benzene rings is 1. The molecule has 0 N–H and O–H groups in total. The van der Waals surface area contributed by atoms with Crippen LogP contribution in [0.5, 0.6) is 0 Å². The SMILES string of the molecule is CCn1c(C)c(Cc2ccccc2S(=O)N2CCCC2)c2sccc21. The molecule has 132 valence electrons. The lowest BCUT2D eigenvalue weighted by Crippen LogP contribution is -2.23. The molecule has 0 bridgehead atoms. The Labute approximate surface area is 155 Å². The van der Waals surface area contributed by atoms with E-state index >= 15 is 0 Å². The predicted octanol–water partition coefficient (Wildman–Crippen LogP) is 4.74. The summed E-state index contributed by atoms with van der Waals surface area (Å²) in [5, 5.41) is 2.17. The molecule has 4 rings (SSSR count). The lowest BCUT2D eigenvalue weighted by molar-refractivity contribution is 0.535. The quantitative estimate of drug-likeness (QED) is 0.635. The average molecular weight is 373 g/mol. The summed E-state index contributed by atoms with van der Waals surface area (Å²) in [7, 11) is -1.04. The van der Waals surface area contributed by atoms with Crippen LogP contribution in [0, 0.1) is 6.92 Å². The summed E-state index contributed by atoms with van der Waals surface area (Å²) in [5.41, 5.74) is 5.25. The summed E-state index contributed by atoms with van der Waals surface area (Å²) in [4.78, 5) is 0.984. The number of aromatic nitrogens is 1. The van der Waals surface area contributed by atoms with Gasteiger partial charge in [-0.3, -0.25) is 0 Å². The maximum atomic E-state index is 13.1. The van der Waals surface area contributed by atoms with Gasteiger partial charge in [0, 0.05) is 31.7 Å². The Hall–Kier alpha value is -1.43. The number of hydrogen-bond donors (Lipinski definition) is 0. The zero-order chi connectivity index (χ0) is 17.4. The van der Waals surface area contributed by atoms with Gasteiger partial charge in [-0.25, -0.2) is 8.51 Å². The van der Waals surface area contributed by atoms with Crippen LogP contribution in [0.2, 0.25) is 0 Å². The van der Waals surface area contributed by atoms with Gasteiger partial charge in [0.2, 0.25) is 0 Å². The molecule has 1 unspecified atom stereocenters. The fraction of sp³-hybridized carbons (Fsp3) is 0.400. The molecule has 1 aliphatic rings. The molecule has 25 heavy (non-hydrogen) atoms. The minimum atomic E-state index is -1.04. The third kappa shape index (κ3) is 2.98. The highest BCUT2D eigenvalue weighted by Crippen LogP contribution is 2.33. The molecule has 1 saturated heterocycles. The molecule has 2 aromatic heterocycles. The molecule has 1 fully saturated rings. The molecular weight excluding hydrogens is 348 g/mol. The Morgan fingerprint density at radius 1 is 1.16 bits per heavy atom. The van der Waals surface area contributed by atoms with Crippen molar-refractivity contribution in [3.63, 3.8) is 0 Å². The molecule has 3 aromatic rings. The third-order valence-corrected chi connectivity index (χ3v) is 7.77. The summed E-state index contributed by atoms with van der Waals surface area (Å²) < 4.78 is 18.9. The molecule has 3 nitrogen and oxygen atoms in total. The van der Waals surface area contributed by atoms with Crippen molar-refractivity contribution in [2.24, 2.45) is 0 Å². The maximum Gasteiger partial charge on any atom is 0.127 e. The number of thiophene rings is 1. The maximum absolute atomic E-state index is 13.1. The molecule has 1 aromatic carbocycles. The van der Waals surface area contributed by atoms with Crippen molar-refractivity contribution < 1.29 is 4.21 Å². The van der Waals surface area contributed by atoms with Crippen LogP contribution in [0.4, 0.5) is 0 Å². The second-order valence-corrected chi connectivity index (χ2v) is 8.98. The van der Waals surface area contributed by atoms with Crippen LogP contribution in [0.3, 0.4) is 0 Å². The lowest BCUT2D eigenvalue weighted by Gasteiger charge is -2.16. The van der Waals surface area contributed by atoms with E-state index in [4.69, 9.17) is 0 Å². The van der Waals surface area contributed by atoms with E-state index in [1.807, 2.05) is 23.5 Å². The molecule has 5 heteroatoms. The van der Waals surface area contributed by atoms with E-state index in [1.54, 1.807) is 0 Å². The summed E-state index contributed by atoms with van der Waals surface area (Å²) in [6.45, 7) is 7.29. The van der Waals surface area contributed by atoms with Gasteiger partial charge < -0.3 is 4.57 Å². The van der Waals surface area contributed by atoms with Crippen molar-refractivity contribution in [1.82, 2.24) is 8.87 Å². The van der Waals surface area contributed by atoms with Gasteiger partial charge in [0.25, 0.3) is 0 Å². The van der Waals surface area contributed by atoms with Crippen LogP contribution in [0.15, 0.2) is 40.6 Å². The first-order valence-corrected chi connectivity index (χ1v) is 11.0. The highest BCUT2D eigenvalue weighted by Gasteiger charge is 2.22. The Morgan fingerprint density at radius 3 is 2.68 bits per heavy atom. The van der Waals surface area contributed by atoms with Crippen molar-refractivity contribution in [3.8, 4) is 0 Å². The standard InChI is InChI=1S/C20H24N2OS2/c1-3-22-15(2)17(20-18(22)10-13-24-20)14-16-8-4-5-9-19(16)25(23)21-11-6-7-12-21/h4-5,8-10,13H,3,6-7,11-12,14H2,1-2H3. The van der Waals surface area contributed by atoms with Gasteiger partial charge in [-0.2, -0.15) is 0 Å². The van der Waals surface area contributed by atoms with Gasteiger partial charge >= 0.3 is 0 Å². The summed E-state index contributed by atoms with van der Waals surface area (Å²) >= 11 is 1.82. The monoisotopic (exact) mass is 372 g/mol. The lowest BCUT2D eigenvalue weighted by atomic mass is 10.1. The van der Waals surface area contributed by atoms with E-state index in [0.717, 1.165) is 43.8 Å². The molecule has 0 saturated carbocycles. The van der Waals surface area contributed by atoms with E-state index in [2.05, 4.69) is 46.3 Å². The van der Waals surface area contributed by atoms with Crippen LogP contribution in [0.1, 0.15) is 36.6 Å². The Kier molecular flexibility index (Phi) is 4.80. The summed E-state index contributed by atoms with van der Waals surface area (Å²) in [6.07, 6.45) is 3.16. The highest BCUT2D eigenvalue weighted by molar-refractivity contribution is 7.82. The Balaban J connectivity index is 1.74. The van der Waals surface area contributed by atoms with Gasteiger partial charge in [0.15, 0.2) is 0 Å². The Morgan fingerprint density at radius 2 is 1.92 bits per heavy atom. The van der Waals surface area contributed by atoms with Crippen molar-refractivity contribution >= 4 is 32.5 Å². The molecule has 3 heterocycles. The average Bonchev–Trinajstić information content (AvgIpc) is 3.35. The molecular formula is C20H24N2OS2. The second-order valence-electron chi connectivity index (χ2n) is 6.61. The first-order chi connectivity index (χ1) is 12.2. The van der Waals surface area contributed by atoms with E-state index in [1.165, 1.54) is 27.0 Å². The van der Waals surface area contributed by atoms with Gasteiger partial charge in [-0.05, 0) is 55.3 Å². The van der Waals surface area contributed by atoms with Crippen molar-refractivity contribution in [2.75, 3.05) is 13.1 Å². The number of aryl methyl sites for hydroxylation is 1. The van der Waals surface area contributed by atoms with Crippen molar-refractivity contribution in [1.29, 1.82) is 0 Å². The highest BCUT2D eigenvalue weighted by atomic mass is 32.2. The largest absolute Gasteiger partial charge is 0.344 e. The van der Waals surface area contributed by atoms with Crippen LogP contribution >= 0.6 is 11.3 Å². The first-order valence-electron chi connectivity index (χ1n) is 9.00. The zero-order valence-corrected chi connectivity index (χ0v) is 16.5. The number of rotatable bonds is 5. The molecule has 0 spiro atoms. The Bertz CT molecular complexity index is 919. The van der Waals surface area contributed by atoms with Gasteiger partial charge in [-0.1, -0.05) is 18.2 Å². The summed E-state index contributed by atoms with van der Waals surface area (Å²) in [5.74, 6) is 0. The van der Waals surface area contributed by atoms with E-state index < -0.39 is 11.0 Å². The minimum absolute atomic E-state index is 0.853. The van der Waals surface area contributed by atoms with Crippen molar-refractivity contribution in [3.05, 3.63) is 52.5 Å². The summed E-state index contributed by atoms with van der Waals surface area (Å²) in [6, 6.07) is 10.5. The van der Waals surface area contributed by atoms with Gasteiger partial charge in [0.05, 0.1) is 15.1 Å². The predicted molar refractivity (Wildman–Crippen MR) is 107 cm³/mol. The normalized spacial score (nSPS) is 16.7. The van der Waals surface area contributed by atoms with E-state index in [9.17, 15) is 4.21 Å². The van der Waals surface area contributed by atoms with Crippen LogP contribution in [-0.2, 0) is 24.0 Å². The number of fused-ring (bicyclic) bond motifs is 1. The number of nitrogens with zero attached hydrogens (tertiary/aromatic N) is 2. The third-order valence-electron chi connectivity index (χ3n) is 5.19. The van der Waals surface area contributed by atoms with Gasteiger partial charge in [0.1, 0.15) is 11.0 Å². The topological polar surface area (TPSA) is 25.2 Å². The molecule has 0 aliphatic carbocycles. The van der Waals surface area contributed by atoms with Crippen LogP contribution < -0.4 is 0 Å². The van der Waals surface area contributed by atoms with Crippen LogP contribution in [0.25, 0.3) is 10.2 Å². The fourth-order valence-electron chi connectivity index (χ4n) is 3.87. The first kappa shape index (κ1) is 17.0.